The first kappa shape index (κ1) is 15.7. The molecule has 2 aromatic heterocycles. The molecule has 22 heavy (non-hydrogen) atoms. The van der Waals surface area contributed by atoms with Crippen LogP contribution in [0, 0.1) is 6.92 Å². The molecule has 0 fully saturated rings. The molecule has 0 atom stereocenters. The van der Waals surface area contributed by atoms with Gasteiger partial charge in [0.15, 0.2) is 4.80 Å². The van der Waals surface area contributed by atoms with Gasteiger partial charge in [-0.05, 0) is 36.8 Å². The van der Waals surface area contributed by atoms with E-state index >= 15 is 0 Å². The van der Waals surface area contributed by atoms with Crippen molar-refractivity contribution in [2.24, 2.45) is 12.0 Å². The zero-order chi connectivity index (χ0) is 15.9. The van der Waals surface area contributed by atoms with Gasteiger partial charge < -0.3 is 4.57 Å². The molecule has 114 valence electrons. The number of carbonyl (C=O) groups is 1. The maximum Gasteiger partial charge on any atom is 0.253 e. The lowest BCUT2D eigenvalue weighted by atomic mass is 10.2. The molecule has 3 rings (SSSR count). The fourth-order valence-electron chi connectivity index (χ4n) is 2.25. The molecule has 1 aromatic carbocycles. The summed E-state index contributed by atoms with van der Waals surface area (Å²) in [6, 6.07) is 7.47. The number of thiophene rings is 1. The molecule has 0 aliphatic rings. The van der Waals surface area contributed by atoms with Gasteiger partial charge in [0, 0.05) is 16.9 Å². The predicted octanol–water partition coefficient (Wildman–Crippen LogP) is 4.59. The maximum atomic E-state index is 12.1. The van der Waals surface area contributed by atoms with Gasteiger partial charge in [-0.3, -0.25) is 4.79 Å². The fraction of sp³-hybridized carbons (Fsp3) is 0.200. The van der Waals surface area contributed by atoms with Crippen molar-refractivity contribution in [2.45, 2.75) is 13.3 Å². The molecule has 0 saturated heterocycles. The van der Waals surface area contributed by atoms with E-state index < -0.39 is 0 Å². The van der Waals surface area contributed by atoms with Crippen molar-refractivity contribution in [3.8, 4) is 0 Å². The first-order valence-electron chi connectivity index (χ1n) is 6.52. The van der Waals surface area contributed by atoms with Gasteiger partial charge in [-0.1, -0.05) is 34.5 Å². The number of thiazole rings is 1. The van der Waals surface area contributed by atoms with Crippen LogP contribution in [-0.4, -0.2) is 10.5 Å². The fourth-order valence-corrected chi connectivity index (χ4v) is 4.58. The molecular formula is C15H12Cl2N2OS2. The minimum Gasteiger partial charge on any atom is -0.319 e. The molecule has 0 unspecified atom stereocenters. The van der Waals surface area contributed by atoms with Gasteiger partial charge in [0.25, 0.3) is 5.91 Å². The minimum atomic E-state index is -0.176. The van der Waals surface area contributed by atoms with E-state index in [1.807, 2.05) is 36.7 Å². The Bertz CT molecular complexity index is 937. The topological polar surface area (TPSA) is 34.4 Å². The van der Waals surface area contributed by atoms with Crippen molar-refractivity contribution in [3.05, 3.63) is 48.9 Å². The smallest absolute Gasteiger partial charge is 0.253 e. The van der Waals surface area contributed by atoms with E-state index in [4.69, 9.17) is 23.2 Å². The van der Waals surface area contributed by atoms with Crippen LogP contribution in [0.15, 0.2) is 29.3 Å². The number of aromatic nitrogens is 1. The molecule has 7 heteroatoms. The lowest BCUT2D eigenvalue weighted by Crippen LogP contribution is -2.14. The number of amides is 1. The zero-order valence-electron chi connectivity index (χ0n) is 11.9. The van der Waals surface area contributed by atoms with Gasteiger partial charge in [0.05, 0.1) is 21.0 Å². The summed E-state index contributed by atoms with van der Waals surface area (Å²) in [6.07, 6.45) is 0.269. The Morgan fingerprint density at radius 1 is 1.23 bits per heavy atom. The second-order valence-electron chi connectivity index (χ2n) is 4.85. The molecule has 0 spiro atoms. The number of rotatable bonds is 2. The zero-order valence-corrected chi connectivity index (χ0v) is 15.0. The molecule has 3 nitrogen and oxygen atoms in total. The van der Waals surface area contributed by atoms with Crippen LogP contribution < -0.4 is 4.80 Å². The van der Waals surface area contributed by atoms with Crippen LogP contribution in [0.3, 0.4) is 0 Å². The van der Waals surface area contributed by atoms with Crippen LogP contribution in [0.2, 0.25) is 9.36 Å². The lowest BCUT2D eigenvalue weighted by molar-refractivity contribution is -0.117. The van der Waals surface area contributed by atoms with E-state index in [1.165, 1.54) is 22.7 Å². The van der Waals surface area contributed by atoms with Crippen molar-refractivity contribution in [1.29, 1.82) is 0 Å². The van der Waals surface area contributed by atoms with Crippen molar-refractivity contribution in [1.82, 2.24) is 4.57 Å². The van der Waals surface area contributed by atoms with Crippen LogP contribution in [0.5, 0.6) is 0 Å². The SMILES string of the molecule is Cc1c(Cl)ccc2sc(=NC(=O)Cc3ccc(Cl)s3)n(C)c12. The Kier molecular flexibility index (Phi) is 4.41. The monoisotopic (exact) mass is 370 g/mol. The summed E-state index contributed by atoms with van der Waals surface area (Å²) in [4.78, 5) is 18.0. The van der Waals surface area contributed by atoms with E-state index in [-0.39, 0.29) is 12.3 Å². The lowest BCUT2D eigenvalue weighted by Gasteiger charge is -2.01. The van der Waals surface area contributed by atoms with Crippen LogP contribution >= 0.6 is 45.9 Å². The minimum absolute atomic E-state index is 0.176. The highest BCUT2D eigenvalue weighted by Crippen LogP contribution is 2.26. The number of fused-ring (bicyclic) bond motifs is 1. The molecule has 0 N–H and O–H groups in total. The van der Waals surface area contributed by atoms with E-state index in [0.717, 1.165) is 20.7 Å². The third-order valence-electron chi connectivity index (χ3n) is 3.33. The highest BCUT2D eigenvalue weighted by molar-refractivity contribution is 7.16. The van der Waals surface area contributed by atoms with E-state index in [1.54, 1.807) is 6.07 Å². The van der Waals surface area contributed by atoms with Crippen molar-refractivity contribution in [3.63, 3.8) is 0 Å². The van der Waals surface area contributed by atoms with Crippen molar-refractivity contribution in [2.75, 3.05) is 0 Å². The van der Waals surface area contributed by atoms with Gasteiger partial charge >= 0.3 is 0 Å². The summed E-state index contributed by atoms with van der Waals surface area (Å²) >= 11 is 14.9. The number of halogens is 2. The summed E-state index contributed by atoms with van der Waals surface area (Å²) < 4.78 is 3.66. The summed E-state index contributed by atoms with van der Waals surface area (Å²) in [6.45, 7) is 1.97. The first-order valence-corrected chi connectivity index (χ1v) is 8.91. The number of carbonyl (C=O) groups excluding carboxylic acids is 1. The van der Waals surface area contributed by atoms with Crippen LogP contribution in [0.1, 0.15) is 10.4 Å². The van der Waals surface area contributed by atoms with Gasteiger partial charge in [0.2, 0.25) is 0 Å². The Labute approximate surface area is 145 Å². The average molecular weight is 371 g/mol. The quantitative estimate of drug-likeness (QED) is 0.649. The largest absolute Gasteiger partial charge is 0.319 e. The van der Waals surface area contributed by atoms with Crippen molar-refractivity contribution < 1.29 is 4.79 Å². The number of hydrogen-bond acceptors (Lipinski definition) is 3. The second kappa shape index (κ2) is 6.16. The first-order chi connectivity index (χ1) is 10.5. The highest BCUT2D eigenvalue weighted by Gasteiger charge is 2.10. The highest BCUT2D eigenvalue weighted by atomic mass is 35.5. The van der Waals surface area contributed by atoms with Gasteiger partial charge in [-0.25, -0.2) is 0 Å². The van der Waals surface area contributed by atoms with E-state index in [9.17, 15) is 4.79 Å². The summed E-state index contributed by atoms with van der Waals surface area (Å²) in [5, 5.41) is 0.715. The maximum absolute atomic E-state index is 12.1. The summed E-state index contributed by atoms with van der Waals surface area (Å²) in [7, 11) is 1.90. The Morgan fingerprint density at radius 2 is 2.00 bits per heavy atom. The standard InChI is InChI=1S/C15H12Cl2N2OS2/c1-8-10(16)4-5-11-14(8)19(2)15(22-11)18-13(20)7-9-3-6-12(17)21-9/h3-6H,7H2,1-2H3. The molecule has 0 saturated carbocycles. The van der Waals surface area contributed by atoms with Gasteiger partial charge in [0.1, 0.15) is 0 Å². The average Bonchev–Trinajstić information content (AvgIpc) is 2.99. The van der Waals surface area contributed by atoms with E-state index in [2.05, 4.69) is 4.99 Å². The molecular weight excluding hydrogens is 359 g/mol. The molecule has 0 aliphatic carbocycles. The van der Waals surface area contributed by atoms with Crippen LogP contribution in [0.4, 0.5) is 0 Å². The number of hydrogen-bond donors (Lipinski definition) is 0. The molecule has 1 amide bonds. The van der Waals surface area contributed by atoms with Gasteiger partial charge in [-0.2, -0.15) is 4.99 Å². The van der Waals surface area contributed by atoms with Crippen LogP contribution in [-0.2, 0) is 18.3 Å². The number of benzene rings is 1. The summed E-state index contributed by atoms with van der Waals surface area (Å²) in [5.74, 6) is -0.176. The number of nitrogens with zero attached hydrogens (tertiary/aromatic N) is 2. The van der Waals surface area contributed by atoms with Gasteiger partial charge in [-0.15, -0.1) is 11.3 Å². The molecule has 3 aromatic rings. The Hall–Kier alpha value is -1.14. The normalized spacial score (nSPS) is 12.3. The Morgan fingerprint density at radius 3 is 2.68 bits per heavy atom. The summed E-state index contributed by atoms with van der Waals surface area (Å²) in [5.41, 5.74) is 2.01. The third kappa shape index (κ3) is 2.99. The molecule has 0 radical (unpaired) electrons. The molecule has 2 heterocycles. The molecule has 0 bridgehead atoms. The van der Waals surface area contributed by atoms with Crippen LogP contribution in [0.25, 0.3) is 10.2 Å². The number of aryl methyl sites for hydroxylation is 2. The predicted molar refractivity (Wildman–Crippen MR) is 94.1 cm³/mol. The third-order valence-corrected chi connectivity index (χ3v) is 6.06. The Balaban J connectivity index is 2.00. The molecule has 0 aliphatic heterocycles. The van der Waals surface area contributed by atoms with Crippen molar-refractivity contribution >= 4 is 62.0 Å². The second-order valence-corrected chi connectivity index (χ2v) is 8.07. The van der Waals surface area contributed by atoms with E-state index in [0.29, 0.717) is 14.2 Å².